The lowest BCUT2D eigenvalue weighted by atomic mass is 9.77. The Morgan fingerprint density at radius 2 is 1.67 bits per heavy atom. The maximum Gasteiger partial charge on any atom is 0.223 e. The highest BCUT2D eigenvalue weighted by Crippen LogP contribution is 2.29. The van der Waals surface area contributed by atoms with Gasteiger partial charge in [-0.25, -0.2) is 0 Å². The molecule has 3 heteroatoms. The number of hydrogen-bond acceptors (Lipinski definition) is 2. The molecule has 3 nitrogen and oxygen atoms in total. The molecule has 1 fully saturated rings. The first-order valence-electron chi connectivity index (χ1n) is 9.18. The van der Waals surface area contributed by atoms with Crippen molar-refractivity contribution in [3.8, 4) is 0 Å². The highest BCUT2D eigenvalue weighted by Gasteiger charge is 2.30. The molecule has 0 bridgehead atoms. The molecule has 1 rings (SSSR count). The van der Waals surface area contributed by atoms with Gasteiger partial charge in [0.25, 0.3) is 0 Å². The fraction of sp³-hybridized carbons (Fsp3) is 0.944. The molecule has 0 aromatic rings. The number of rotatable bonds is 10. The van der Waals surface area contributed by atoms with Gasteiger partial charge in [0.1, 0.15) is 0 Å². The van der Waals surface area contributed by atoms with E-state index in [4.69, 9.17) is 5.73 Å². The first-order valence-corrected chi connectivity index (χ1v) is 9.18. The molecule has 21 heavy (non-hydrogen) atoms. The van der Waals surface area contributed by atoms with E-state index < -0.39 is 0 Å². The van der Waals surface area contributed by atoms with E-state index in [0.29, 0.717) is 5.92 Å². The average Bonchev–Trinajstić information content (AvgIpc) is 2.48. The number of hydrogen-bond donors (Lipinski definition) is 2. The summed E-state index contributed by atoms with van der Waals surface area (Å²) in [4.78, 5) is 12.2. The monoisotopic (exact) mass is 296 g/mol. The summed E-state index contributed by atoms with van der Waals surface area (Å²) in [5.41, 5.74) is 5.99. The molecule has 3 N–H and O–H groups in total. The lowest BCUT2D eigenvalue weighted by Crippen LogP contribution is -2.41. The fourth-order valence-corrected chi connectivity index (χ4v) is 3.32. The van der Waals surface area contributed by atoms with Gasteiger partial charge in [-0.1, -0.05) is 58.8 Å². The second-order valence-electron chi connectivity index (χ2n) is 6.92. The summed E-state index contributed by atoms with van der Waals surface area (Å²) in [5, 5.41) is 3.12. The maximum absolute atomic E-state index is 12.2. The molecule has 0 heterocycles. The molecule has 1 aliphatic carbocycles. The van der Waals surface area contributed by atoms with Gasteiger partial charge in [0.05, 0.1) is 0 Å². The van der Waals surface area contributed by atoms with Crippen LogP contribution >= 0.6 is 0 Å². The van der Waals surface area contributed by atoms with Gasteiger partial charge in [0.2, 0.25) is 5.91 Å². The van der Waals surface area contributed by atoms with Crippen LogP contribution < -0.4 is 11.1 Å². The Balaban J connectivity index is 2.00. The largest absolute Gasteiger partial charge is 0.356 e. The van der Waals surface area contributed by atoms with Crippen LogP contribution in [0.3, 0.4) is 0 Å². The van der Waals surface area contributed by atoms with E-state index in [2.05, 4.69) is 19.2 Å². The number of nitrogens with two attached hydrogens (primary N) is 1. The predicted molar refractivity (Wildman–Crippen MR) is 90.1 cm³/mol. The Kier molecular flexibility index (Phi) is 9.73. The molecule has 0 saturated heterocycles. The summed E-state index contributed by atoms with van der Waals surface area (Å²) in [7, 11) is 0. The summed E-state index contributed by atoms with van der Waals surface area (Å²) in [6.07, 6.45) is 13.5. The van der Waals surface area contributed by atoms with Gasteiger partial charge < -0.3 is 11.1 Å². The van der Waals surface area contributed by atoms with Crippen LogP contribution in [0.5, 0.6) is 0 Å². The molecular weight excluding hydrogens is 260 g/mol. The van der Waals surface area contributed by atoms with E-state index in [1.807, 2.05) is 0 Å². The highest BCUT2D eigenvalue weighted by molar-refractivity contribution is 5.79. The molecule has 1 saturated carbocycles. The predicted octanol–water partition coefficient (Wildman–Crippen LogP) is 4.01. The summed E-state index contributed by atoms with van der Waals surface area (Å²) < 4.78 is 0. The minimum atomic E-state index is 0.141. The third-order valence-corrected chi connectivity index (χ3v) is 4.90. The van der Waals surface area contributed by atoms with Crippen LogP contribution in [0.1, 0.15) is 84.5 Å². The smallest absolute Gasteiger partial charge is 0.223 e. The Hall–Kier alpha value is -0.570. The third kappa shape index (κ3) is 7.85. The van der Waals surface area contributed by atoms with Gasteiger partial charge in [-0.15, -0.1) is 0 Å². The summed E-state index contributed by atoms with van der Waals surface area (Å²) in [5.74, 6) is 0.867. The van der Waals surface area contributed by atoms with Crippen LogP contribution in [-0.2, 0) is 4.79 Å². The zero-order valence-corrected chi connectivity index (χ0v) is 14.2. The third-order valence-electron chi connectivity index (χ3n) is 4.90. The van der Waals surface area contributed by atoms with Gasteiger partial charge in [-0.05, 0) is 31.6 Å². The molecule has 1 aliphatic rings. The van der Waals surface area contributed by atoms with Gasteiger partial charge in [-0.2, -0.15) is 0 Å². The fourth-order valence-electron chi connectivity index (χ4n) is 3.32. The molecule has 0 aromatic heterocycles. The zero-order chi connectivity index (χ0) is 15.5. The van der Waals surface area contributed by atoms with Gasteiger partial charge in [-0.3, -0.25) is 4.79 Å². The van der Waals surface area contributed by atoms with Crippen molar-refractivity contribution in [1.82, 2.24) is 5.32 Å². The van der Waals surface area contributed by atoms with Crippen LogP contribution in [0.2, 0.25) is 0 Å². The number of unbranched alkanes of at least 4 members (excludes halogenated alkanes) is 7. The van der Waals surface area contributed by atoms with Gasteiger partial charge in [0.15, 0.2) is 0 Å². The van der Waals surface area contributed by atoms with E-state index in [0.717, 1.165) is 32.2 Å². The van der Waals surface area contributed by atoms with Gasteiger partial charge >= 0.3 is 0 Å². The van der Waals surface area contributed by atoms with Crippen LogP contribution in [0.4, 0.5) is 0 Å². The number of carbonyl (C=O) groups excluding carboxylic acids is 1. The van der Waals surface area contributed by atoms with E-state index in [9.17, 15) is 4.79 Å². The van der Waals surface area contributed by atoms with Crippen LogP contribution in [0.25, 0.3) is 0 Å². The van der Waals surface area contributed by atoms with E-state index in [1.165, 1.54) is 44.9 Å². The van der Waals surface area contributed by atoms with Crippen molar-refractivity contribution in [1.29, 1.82) is 0 Å². The quantitative estimate of drug-likeness (QED) is 0.599. The zero-order valence-electron chi connectivity index (χ0n) is 14.2. The molecule has 124 valence electrons. The number of amides is 1. The Morgan fingerprint density at radius 3 is 2.33 bits per heavy atom. The summed E-state index contributed by atoms with van der Waals surface area (Å²) >= 11 is 0. The van der Waals surface area contributed by atoms with E-state index >= 15 is 0 Å². The number of carbonyl (C=O) groups is 1. The van der Waals surface area contributed by atoms with E-state index in [1.54, 1.807) is 0 Å². The van der Waals surface area contributed by atoms with Crippen LogP contribution in [-0.4, -0.2) is 18.5 Å². The second-order valence-corrected chi connectivity index (χ2v) is 6.92. The summed E-state index contributed by atoms with van der Waals surface area (Å²) in [6.45, 7) is 5.28. The molecule has 0 aliphatic heterocycles. The first kappa shape index (κ1) is 18.5. The first-order chi connectivity index (χ1) is 10.1. The minimum absolute atomic E-state index is 0.141. The normalized spacial score (nSPS) is 25.8. The van der Waals surface area contributed by atoms with Crippen molar-refractivity contribution in [2.45, 2.75) is 90.5 Å². The molecule has 3 atom stereocenters. The Morgan fingerprint density at radius 1 is 1.05 bits per heavy atom. The Labute approximate surface area is 131 Å². The summed E-state index contributed by atoms with van der Waals surface area (Å²) in [6, 6.07) is 0.222. The second kappa shape index (κ2) is 11.1. The molecular formula is C18H36N2O. The lowest BCUT2D eigenvalue weighted by molar-refractivity contribution is -0.127. The van der Waals surface area contributed by atoms with Crippen molar-refractivity contribution in [2.75, 3.05) is 6.54 Å². The molecule has 0 aromatic carbocycles. The minimum Gasteiger partial charge on any atom is -0.356 e. The average molecular weight is 296 g/mol. The molecule has 1 amide bonds. The molecule has 0 spiro atoms. The van der Waals surface area contributed by atoms with Crippen molar-refractivity contribution < 1.29 is 4.79 Å². The van der Waals surface area contributed by atoms with Crippen molar-refractivity contribution in [3.63, 3.8) is 0 Å². The topological polar surface area (TPSA) is 55.1 Å². The Bertz CT molecular complexity index is 280. The van der Waals surface area contributed by atoms with Crippen LogP contribution in [0.15, 0.2) is 0 Å². The highest BCUT2D eigenvalue weighted by atomic mass is 16.1. The van der Waals surface area contributed by atoms with Crippen LogP contribution in [0, 0.1) is 11.8 Å². The standard InChI is InChI=1S/C18H36N2O/c1-3-4-5-6-7-8-9-10-13-20-18(21)17-14-16(19)12-11-15(17)2/h15-17H,3-14,19H2,1-2H3,(H,20,21). The van der Waals surface area contributed by atoms with E-state index in [-0.39, 0.29) is 17.9 Å². The maximum atomic E-state index is 12.2. The van der Waals surface area contributed by atoms with Crippen molar-refractivity contribution in [3.05, 3.63) is 0 Å². The van der Waals surface area contributed by atoms with Gasteiger partial charge in [0, 0.05) is 18.5 Å². The lowest BCUT2D eigenvalue weighted by Gasteiger charge is -2.31. The SMILES string of the molecule is CCCCCCCCCCNC(=O)C1CC(N)CCC1C. The van der Waals surface area contributed by atoms with Crippen molar-refractivity contribution >= 4 is 5.91 Å². The molecule has 0 radical (unpaired) electrons. The van der Waals surface area contributed by atoms with Crippen molar-refractivity contribution in [2.24, 2.45) is 17.6 Å². The molecule has 3 unspecified atom stereocenters. The number of nitrogens with one attached hydrogen (secondary N) is 1.